The number of nitrogens with zero attached hydrogens (tertiary/aromatic N) is 2. The molecule has 1 aliphatic heterocycles. The maximum absolute atomic E-state index is 12.3. The van der Waals surface area contributed by atoms with Crippen LogP contribution in [0.4, 0.5) is 5.69 Å². The molecule has 6 heteroatoms. The van der Waals surface area contributed by atoms with Gasteiger partial charge >= 0.3 is 0 Å². The highest BCUT2D eigenvalue weighted by molar-refractivity contribution is 7.98. The van der Waals surface area contributed by atoms with E-state index in [4.69, 9.17) is 0 Å². The Bertz CT molecular complexity index is 775. The normalized spacial score (nSPS) is 17.2. The first-order valence-corrected chi connectivity index (χ1v) is 9.22. The average molecular weight is 353 g/mol. The lowest BCUT2D eigenvalue weighted by Crippen LogP contribution is -2.30. The van der Waals surface area contributed by atoms with E-state index in [0.29, 0.717) is 6.54 Å². The van der Waals surface area contributed by atoms with Crippen LogP contribution in [0.3, 0.4) is 0 Å². The van der Waals surface area contributed by atoms with Crippen molar-refractivity contribution >= 4 is 35.5 Å². The molecule has 1 heterocycles. The zero-order valence-electron chi connectivity index (χ0n) is 13.9. The number of carbonyl (C=O) groups excluding carboxylic acids is 2. The second-order valence-corrected chi connectivity index (χ2v) is 6.63. The maximum atomic E-state index is 12.3. The number of benzene rings is 2. The van der Waals surface area contributed by atoms with E-state index in [0.717, 1.165) is 11.3 Å². The van der Waals surface area contributed by atoms with Gasteiger partial charge < -0.3 is 4.90 Å². The molecule has 1 N–H and O–H groups in total. The number of thioether (sulfide) groups is 1. The van der Waals surface area contributed by atoms with E-state index in [-0.39, 0.29) is 24.2 Å². The number of nitrogens with one attached hydrogen (secondary N) is 1. The van der Waals surface area contributed by atoms with Gasteiger partial charge in [-0.1, -0.05) is 30.3 Å². The van der Waals surface area contributed by atoms with Gasteiger partial charge in [-0.05, 0) is 36.1 Å². The Kier molecular flexibility index (Phi) is 5.50. The molecule has 2 amide bonds. The minimum atomic E-state index is -0.385. The molecule has 1 fully saturated rings. The molecular weight excluding hydrogens is 334 g/mol. The van der Waals surface area contributed by atoms with Gasteiger partial charge in [0.15, 0.2) is 0 Å². The van der Waals surface area contributed by atoms with Crippen LogP contribution in [0.2, 0.25) is 0 Å². The summed E-state index contributed by atoms with van der Waals surface area (Å²) in [4.78, 5) is 27.2. The minimum absolute atomic E-state index is 0.0389. The largest absolute Gasteiger partial charge is 0.312 e. The third-order valence-corrected chi connectivity index (χ3v) is 4.81. The molecule has 0 radical (unpaired) electrons. The molecule has 1 saturated heterocycles. The first kappa shape index (κ1) is 17.2. The van der Waals surface area contributed by atoms with Crippen molar-refractivity contribution in [2.45, 2.75) is 11.3 Å². The maximum Gasteiger partial charge on any atom is 0.245 e. The number of amides is 2. The standard InChI is InChI=1S/C19H19N3O2S/c1-25-17-9-7-14(8-10-17)12-20-21-19(24)15-11-18(23)22(13-15)16-5-3-2-4-6-16/h2-10,12,15H,11,13H2,1H3,(H,21,24)/b20-12-/t15-/m1/s1. The summed E-state index contributed by atoms with van der Waals surface area (Å²) >= 11 is 1.67. The molecule has 0 saturated carbocycles. The van der Waals surface area contributed by atoms with Crippen LogP contribution in [0.25, 0.3) is 0 Å². The van der Waals surface area contributed by atoms with Crippen molar-refractivity contribution in [1.82, 2.24) is 5.43 Å². The van der Waals surface area contributed by atoms with Gasteiger partial charge in [0, 0.05) is 23.5 Å². The predicted octanol–water partition coefficient (Wildman–Crippen LogP) is 2.91. The third-order valence-electron chi connectivity index (χ3n) is 4.07. The lowest BCUT2D eigenvalue weighted by molar-refractivity contribution is -0.126. The second-order valence-electron chi connectivity index (χ2n) is 5.75. The molecule has 1 atom stereocenters. The van der Waals surface area contributed by atoms with Crippen LogP contribution in [0.15, 0.2) is 64.6 Å². The molecule has 0 aliphatic carbocycles. The van der Waals surface area contributed by atoms with Crippen molar-refractivity contribution in [2.75, 3.05) is 17.7 Å². The van der Waals surface area contributed by atoms with E-state index >= 15 is 0 Å². The number of para-hydroxylation sites is 1. The molecule has 3 rings (SSSR count). The molecular formula is C19H19N3O2S. The average Bonchev–Trinajstić information content (AvgIpc) is 3.05. The van der Waals surface area contributed by atoms with Crippen LogP contribution < -0.4 is 10.3 Å². The Labute approximate surface area is 151 Å². The fourth-order valence-corrected chi connectivity index (χ4v) is 3.10. The Morgan fingerprint density at radius 2 is 1.92 bits per heavy atom. The van der Waals surface area contributed by atoms with Crippen molar-refractivity contribution in [3.8, 4) is 0 Å². The molecule has 128 valence electrons. The van der Waals surface area contributed by atoms with Gasteiger partial charge in [0.05, 0.1) is 12.1 Å². The number of rotatable bonds is 5. The number of anilines is 1. The first-order chi connectivity index (χ1) is 12.2. The van der Waals surface area contributed by atoms with Crippen molar-refractivity contribution in [3.63, 3.8) is 0 Å². The van der Waals surface area contributed by atoms with Crippen LogP contribution in [-0.2, 0) is 9.59 Å². The summed E-state index contributed by atoms with van der Waals surface area (Å²) in [6.07, 6.45) is 3.83. The highest BCUT2D eigenvalue weighted by Crippen LogP contribution is 2.24. The third kappa shape index (κ3) is 4.28. The fourth-order valence-electron chi connectivity index (χ4n) is 2.69. The van der Waals surface area contributed by atoms with E-state index < -0.39 is 0 Å². The molecule has 5 nitrogen and oxygen atoms in total. The first-order valence-electron chi connectivity index (χ1n) is 8.00. The van der Waals surface area contributed by atoms with Gasteiger partial charge in [-0.15, -0.1) is 11.8 Å². The monoisotopic (exact) mass is 353 g/mol. The zero-order chi connectivity index (χ0) is 17.6. The zero-order valence-corrected chi connectivity index (χ0v) is 14.7. The Hall–Kier alpha value is -2.60. The topological polar surface area (TPSA) is 61.8 Å². The van der Waals surface area contributed by atoms with Crippen LogP contribution in [0, 0.1) is 5.92 Å². The Morgan fingerprint density at radius 1 is 1.20 bits per heavy atom. The van der Waals surface area contributed by atoms with Crippen molar-refractivity contribution < 1.29 is 9.59 Å². The number of hydrogen-bond donors (Lipinski definition) is 1. The van der Waals surface area contributed by atoms with Crippen LogP contribution in [0.5, 0.6) is 0 Å². The summed E-state index contributed by atoms with van der Waals surface area (Å²) in [6, 6.07) is 17.3. The quantitative estimate of drug-likeness (QED) is 0.511. The summed E-state index contributed by atoms with van der Waals surface area (Å²) in [7, 11) is 0. The van der Waals surface area contributed by atoms with E-state index in [9.17, 15) is 9.59 Å². The van der Waals surface area contributed by atoms with E-state index in [1.807, 2.05) is 60.9 Å². The summed E-state index contributed by atoms with van der Waals surface area (Å²) in [5.41, 5.74) is 4.27. The van der Waals surface area contributed by atoms with Gasteiger partial charge in [0.25, 0.3) is 0 Å². The highest BCUT2D eigenvalue weighted by Gasteiger charge is 2.34. The number of hydrazone groups is 1. The van der Waals surface area contributed by atoms with Crippen molar-refractivity contribution in [1.29, 1.82) is 0 Å². The lowest BCUT2D eigenvalue weighted by atomic mass is 10.1. The summed E-state index contributed by atoms with van der Waals surface area (Å²) in [6.45, 7) is 0.382. The second kappa shape index (κ2) is 7.98. The lowest BCUT2D eigenvalue weighted by Gasteiger charge is -2.16. The van der Waals surface area contributed by atoms with Gasteiger partial charge in [-0.2, -0.15) is 5.10 Å². The van der Waals surface area contributed by atoms with E-state index in [1.165, 1.54) is 4.90 Å². The summed E-state index contributed by atoms with van der Waals surface area (Å²) < 4.78 is 0. The van der Waals surface area contributed by atoms with E-state index in [2.05, 4.69) is 10.5 Å². The minimum Gasteiger partial charge on any atom is -0.312 e. The molecule has 2 aromatic carbocycles. The predicted molar refractivity (Wildman–Crippen MR) is 101 cm³/mol. The fraction of sp³-hybridized carbons (Fsp3) is 0.211. The molecule has 0 spiro atoms. The molecule has 1 aliphatic rings. The number of carbonyl (C=O) groups is 2. The molecule has 0 aromatic heterocycles. The molecule has 0 bridgehead atoms. The molecule has 0 unspecified atom stereocenters. The Balaban J connectivity index is 1.56. The Morgan fingerprint density at radius 3 is 2.60 bits per heavy atom. The van der Waals surface area contributed by atoms with Gasteiger partial charge in [0.1, 0.15) is 0 Å². The van der Waals surface area contributed by atoms with E-state index in [1.54, 1.807) is 22.9 Å². The van der Waals surface area contributed by atoms with Gasteiger partial charge in [-0.25, -0.2) is 5.43 Å². The number of hydrogen-bond acceptors (Lipinski definition) is 4. The van der Waals surface area contributed by atoms with Gasteiger partial charge in [0.2, 0.25) is 11.8 Å². The van der Waals surface area contributed by atoms with Crippen LogP contribution in [0.1, 0.15) is 12.0 Å². The SMILES string of the molecule is CSc1ccc(/C=N\NC(=O)[C@@H]2CC(=O)N(c3ccccc3)C2)cc1. The van der Waals surface area contributed by atoms with Crippen molar-refractivity contribution in [3.05, 3.63) is 60.2 Å². The smallest absolute Gasteiger partial charge is 0.245 e. The molecule has 25 heavy (non-hydrogen) atoms. The molecule has 2 aromatic rings. The van der Waals surface area contributed by atoms with Crippen LogP contribution >= 0.6 is 11.8 Å². The summed E-state index contributed by atoms with van der Waals surface area (Å²) in [5, 5.41) is 4.00. The van der Waals surface area contributed by atoms with Crippen molar-refractivity contribution in [2.24, 2.45) is 11.0 Å². The van der Waals surface area contributed by atoms with Crippen LogP contribution in [-0.4, -0.2) is 30.8 Å². The van der Waals surface area contributed by atoms with Gasteiger partial charge in [-0.3, -0.25) is 9.59 Å². The highest BCUT2D eigenvalue weighted by atomic mass is 32.2. The summed E-state index contributed by atoms with van der Waals surface area (Å²) in [5.74, 6) is -0.657.